The van der Waals surface area contributed by atoms with Crippen molar-refractivity contribution in [2.75, 3.05) is 29.4 Å². The molecule has 122 valence electrons. The number of aromatic nitrogens is 3. The Bertz CT molecular complexity index is 510. The zero-order valence-electron chi connectivity index (χ0n) is 14.5. The number of fused-ring (bicyclic) bond motifs is 1. The van der Waals surface area contributed by atoms with E-state index in [0.717, 1.165) is 37.7 Å². The quantitative estimate of drug-likeness (QED) is 0.939. The molecule has 0 bridgehead atoms. The average Bonchev–Trinajstić information content (AvgIpc) is 3.12. The van der Waals surface area contributed by atoms with Gasteiger partial charge in [-0.2, -0.15) is 0 Å². The van der Waals surface area contributed by atoms with Crippen LogP contribution in [0.1, 0.15) is 40.3 Å². The SMILES string of the molecule is CC.CC.CCN1CCN(Cc2cnc[nH]2)c2cccnc21. The van der Waals surface area contributed by atoms with Gasteiger partial charge in [-0.15, -0.1) is 0 Å². The Labute approximate surface area is 134 Å². The minimum Gasteiger partial charge on any atom is -0.361 e. The molecule has 1 N–H and O–H groups in total. The molecule has 5 nitrogen and oxygen atoms in total. The summed E-state index contributed by atoms with van der Waals surface area (Å²) in [6.07, 6.45) is 5.46. The number of aromatic amines is 1. The van der Waals surface area contributed by atoms with Gasteiger partial charge in [0.05, 0.1) is 24.3 Å². The van der Waals surface area contributed by atoms with E-state index in [1.54, 1.807) is 6.33 Å². The first kappa shape index (κ1) is 18.0. The molecular weight excluding hydrogens is 274 g/mol. The van der Waals surface area contributed by atoms with Gasteiger partial charge in [0.25, 0.3) is 0 Å². The summed E-state index contributed by atoms with van der Waals surface area (Å²) in [7, 11) is 0. The number of hydrogen-bond acceptors (Lipinski definition) is 4. The Hall–Kier alpha value is -2.04. The molecule has 2 aromatic heterocycles. The molecule has 22 heavy (non-hydrogen) atoms. The Kier molecular flexibility index (Phi) is 8.04. The van der Waals surface area contributed by atoms with Crippen LogP contribution < -0.4 is 9.80 Å². The number of hydrogen-bond donors (Lipinski definition) is 1. The van der Waals surface area contributed by atoms with Gasteiger partial charge in [0.15, 0.2) is 5.82 Å². The van der Waals surface area contributed by atoms with Crippen LogP contribution in [0.15, 0.2) is 30.9 Å². The van der Waals surface area contributed by atoms with Crippen molar-refractivity contribution in [2.45, 2.75) is 41.2 Å². The van der Waals surface area contributed by atoms with Gasteiger partial charge in [-0.1, -0.05) is 27.7 Å². The Morgan fingerprint density at radius 1 is 1.14 bits per heavy atom. The Morgan fingerprint density at radius 2 is 1.86 bits per heavy atom. The van der Waals surface area contributed by atoms with E-state index in [1.807, 2.05) is 46.2 Å². The lowest BCUT2D eigenvalue weighted by molar-refractivity contribution is 0.692. The van der Waals surface area contributed by atoms with Crippen LogP contribution in [-0.2, 0) is 6.54 Å². The smallest absolute Gasteiger partial charge is 0.152 e. The first-order valence-corrected chi connectivity index (χ1v) is 8.30. The molecule has 0 saturated carbocycles. The van der Waals surface area contributed by atoms with Crippen LogP contribution in [0.4, 0.5) is 11.5 Å². The lowest BCUT2D eigenvalue weighted by Gasteiger charge is -2.37. The zero-order valence-corrected chi connectivity index (χ0v) is 14.5. The molecule has 0 atom stereocenters. The van der Waals surface area contributed by atoms with Crippen LogP contribution in [0.5, 0.6) is 0 Å². The molecule has 0 fully saturated rings. The van der Waals surface area contributed by atoms with Crippen molar-refractivity contribution < 1.29 is 0 Å². The minimum atomic E-state index is 0.857. The predicted molar refractivity (Wildman–Crippen MR) is 94.5 cm³/mol. The Balaban J connectivity index is 0.000000561. The molecule has 0 saturated heterocycles. The molecule has 0 unspecified atom stereocenters. The van der Waals surface area contributed by atoms with E-state index in [9.17, 15) is 0 Å². The van der Waals surface area contributed by atoms with Gasteiger partial charge < -0.3 is 14.8 Å². The van der Waals surface area contributed by atoms with Gasteiger partial charge in [-0.05, 0) is 19.1 Å². The number of rotatable bonds is 3. The lowest BCUT2D eigenvalue weighted by Crippen LogP contribution is -2.41. The van der Waals surface area contributed by atoms with E-state index in [4.69, 9.17) is 0 Å². The number of H-pyrrole nitrogens is 1. The van der Waals surface area contributed by atoms with Gasteiger partial charge >= 0.3 is 0 Å². The lowest BCUT2D eigenvalue weighted by atomic mass is 10.2. The molecule has 0 aliphatic carbocycles. The average molecular weight is 303 g/mol. The zero-order chi connectivity index (χ0) is 16.4. The van der Waals surface area contributed by atoms with Crippen molar-refractivity contribution in [3.8, 4) is 0 Å². The fourth-order valence-corrected chi connectivity index (χ4v) is 2.40. The summed E-state index contributed by atoms with van der Waals surface area (Å²) in [5.41, 5.74) is 2.34. The predicted octanol–water partition coefficient (Wildman–Crippen LogP) is 3.70. The third kappa shape index (κ3) is 4.23. The van der Waals surface area contributed by atoms with Crippen molar-refractivity contribution >= 4 is 11.5 Å². The maximum atomic E-state index is 4.51. The van der Waals surface area contributed by atoms with Gasteiger partial charge in [0.1, 0.15) is 0 Å². The van der Waals surface area contributed by atoms with Gasteiger partial charge in [-0.3, -0.25) is 0 Å². The van der Waals surface area contributed by atoms with Crippen molar-refractivity contribution in [2.24, 2.45) is 0 Å². The molecule has 1 aliphatic heterocycles. The van der Waals surface area contributed by atoms with Gasteiger partial charge in [0.2, 0.25) is 0 Å². The van der Waals surface area contributed by atoms with Crippen LogP contribution in [0.2, 0.25) is 0 Å². The first-order chi connectivity index (χ1) is 10.9. The summed E-state index contributed by atoms with van der Waals surface area (Å²) >= 11 is 0. The Morgan fingerprint density at radius 3 is 2.50 bits per heavy atom. The second-order valence-corrected chi connectivity index (χ2v) is 4.42. The standard InChI is InChI=1S/C13H17N5.2C2H6/c1-2-17-6-7-18(9-11-8-14-10-16-11)12-4-3-5-15-13(12)17;2*1-2/h3-5,8,10H,2,6-7,9H2,1H3,(H,14,16);2*1-2H3. The van der Waals surface area contributed by atoms with E-state index >= 15 is 0 Å². The first-order valence-electron chi connectivity index (χ1n) is 8.30. The van der Waals surface area contributed by atoms with Crippen LogP contribution in [0, 0.1) is 0 Å². The summed E-state index contributed by atoms with van der Waals surface area (Å²) < 4.78 is 0. The minimum absolute atomic E-state index is 0.857. The second kappa shape index (κ2) is 9.82. The number of pyridine rings is 1. The normalized spacial score (nSPS) is 12.6. The maximum Gasteiger partial charge on any atom is 0.152 e. The summed E-state index contributed by atoms with van der Waals surface area (Å²) in [5.74, 6) is 1.09. The van der Waals surface area contributed by atoms with E-state index < -0.39 is 0 Å². The molecule has 0 spiro atoms. The second-order valence-electron chi connectivity index (χ2n) is 4.42. The topological polar surface area (TPSA) is 48.0 Å². The number of imidazole rings is 1. The monoisotopic (exact) mass is 303 g/mol. The molecule has 3 heterocycles. The molecule has 3 rings (SSSR count). The highest BCUT2D eigenvalue weighted by Crippen LogP contribution is 2.30. The summed E-state index contributed by atoms with van der Waals surface area (Å²) in [4.78, 5) is 16.4. The highest BCUT2D eigenvalue weighted by molar-refractivity contribution is 5.69. The number of likely N-dealkylation sites (N-methyl/N-ethyl adjacent to an activating group) is 1. The maximum absolute atomic E-state index is 4.51. The molecule has 0 aromatic carbocycles. The fraction of sp³-hybridized carbons (Fsp3) is 0.529. The van der Waals surface area contributed by atoms with E-state index in [0.29, 0.717) is 0 Å². The largest absolute Gasteiger partial charge is 0.361 e. The van der Waals surface area contributed by atoms with E-state index in [2.05, 4.69) is 37.7 Å². The van der Waals surface area contributed by atoms with Crippen molar-refractivity contribution in [3.63, 3.8) is 0 Å². The summed E-state index contributed by atoms with van der Waals surface area (Å²) in [6.45, 7) is 14.1. The summed E-state index contributed by atoms with van der Waals surface area (Å²) in [5, 5.41) is 0. The highest BCUT2D eigenvalue weighted by Gasteiger charge is 2.22. The third-order valence-corrected chi connectivity index (χ3v) is 3.34. The fourth-order valence-electron chi connectivity index (χ4n) is 2.40. The van der Waals surface area contributed by atoms with Gasteiger partial charge in [0, 0.05) is 32.0 Å². The molecule has 2 aromatic rings. The van der Waals surface area contributed by atoms with Crippen LogP contribution in [0.25, 0.3) is 0 Å². The highest BCUT2D eigenvalue weighted by atomic mass is 15.3. The molecule has 5 heteroatoms. The van der Waals surface area contributed by atoms with Crippen molar-refractivity contribution in [3.05, 3.63) is 36.5 Å². The van der Waals surface area contributed by atoms with Crippen LogP contribution >= 0.6 is 0 Å². The van der Waals surface area contributed by atoms with E-state index in [-0.39, 0.29) is 0 Å². The third-order valence-electron chi connectivity index (χ3n) is 3.34. The van der Waals surface area contributed by atoms with Crippen LogP contribution in [0.3, 0.4) is 0 Å². The van der Waals surface area contributed by atoms with Crippen molar-refractivity contribution in [1.29, 1.82) is 0 Å². The van der Waals surface area contributed by atoms with Gasteiger partial charge in [-0.25, -0.2) is 9.97 Å². The molecule has 1 aliphatic rings. The molecule has 0 radical (unpaired) electrons. The van der Waals surface area contributed by atoms with E-state index in [1.165, 1.54) is 5.69 Å². The molecule has 0 amide bonds. The number of anilines is 2. The van der Waals surface area contributed by atoms with Crippen LogP contribution in [-0.4, -0.2) is 34.6 Å². The van der Waals surface area contributed by atoms with Crippen molar-refractivity contribution in [1.82, 2.24) is 15.0 Å². The summed E-state index contributed by atoms with van der Waals surface area (Å²) in [6, 6.07) is 4.14. The molecular formula is C17H29N5. The number of nitrogens with one attached hydrogen (secondary N) is 1. The number of nitrogens with zero attached hydrogens (tertiary/aromatic N) is 4.